The van der Waals surface area contributed by atoms with Gasteiger partial charge in [-0.25, -0.2) is 0 Å². The molecule has 0 saturated carbocycles. The standard InChI is InChI=1S/C16H13N3O2S3/c20-13(11-5-2-1-3-6-11)10-23-16-19-18-15(24-16)17-14(21)9-12-7-4-8-22-12/h1-8H,9-10H2,(H,17,18,21). The number of nitrogens with zero attached hydrogens (tertiary/aromatic N) is 2. The van der Waals surface area contributed by atoms with E-state index >= 15 is 0 Å². The molecule has 0 fully saturated rings. The number of hydrogen-bond donors (Lipinski definition) is 1. The summed E-state index contributed by atoms with van der Waals surface area (Å²) in [4.78, 5) is 25.0. The quantitative estimate of drug-likeness (QED) is 0.387. The third-order valence-corrected chi connectivity index (χ3v) is 5.84. The number of amides is 1. The van der Waals surface area contributed by atoms with Crippen LogP contribution in [0.4, 0.5) is 5.13 Å². The Morgan fingerprint density at radius 1 is 1.08 bits per heavy atom. The Bertz CT molecular complexity index is 816. The van der Waals surface area contributed by atoms with Gasteiger partial charge in [-0.1, -0.05) is 59.5 Å². The minimum atomic E-state index is -0.120. The SMILES string of the molecule is O=C(Cc1cccs1)Nc1nnc(SCC(=O)c2ccccc2)s1. The van der Waals surface area contributed by atoms with Gasteiger partial charge in [-0.05, 0) is 11.4 Å². The minimum absolute atomic E-state index is 0.0408. The number of nitrogens with one attached hydrogen (secondary N) is 1. The summed E-state index contributed by atoms with van der Waals surface area (Å²) in [7, 11) is 0. The van der Waals surface area contributed by atoms with Crippen molar-refractivity contribution in [2.45, 2.75) is 10.8 Å². The molecule has 0 aliphatic heterocycles. The molecule has 3 aromatic rings. The zero-order valence-electron chi connectivity index (χ0n) is 12.5. The number of rotatable bonds is 7. The lowest BCUT2D eigenvalue weighted by molar-refractivity contribution is -0.115. The van der Waals surface area contributed by atoms with Gasteiger partial charge in [0, 0.05) is 10.4 Å². The van der Waals surface area contributed by atoms with Gasteiger partial charge >= 0.3 is 0 Å². The normalized spacial score (nSPS) is 10.5. The molecule has 0 aliphatic rings. The molecule has 2 heterocycles. The first kappa shape index (κ1) is 16.8. The number of carbonyl (C=O) groups is 2. The molecule has 0 radical (unpaired) electrons. The predicted molar refractivity (Wildman–Crippen MR) is 98.1 cm³/mol. The molecule has 0 saturated heterocycles. The number of thiophene rings is 1. The Morgan fingerprint density at radius 2 is 1.92 bits per heavy atom. The molecule has 24 heavy (non-hydrogen) atoms. The number of hydrogen-bond acceptors (Lipinski definition) is 7. The van der Waals surface area contributed by atoms with E-state index in [4.69, 9.17) is 0 Å². The second-order valence-electron chi connectivity index (χ2n) is 4.76. The molecule has 0 atom stereocenters. The summed E-state index contributed by atoms with van der Waals surface area (Å²) in [5.41, 5.74) is 0.680. The summed E-state index contributed by atoms with van der Waals surface area (Å²) in [5.74, 6) is 0.214. The van der Waals surface area contributed by atoms with Crippen LogP contribution in [0.2, 0.25) is 0 Å². The van der Waals surface area contributed by atoms with Gasteiger partial charge in [0.15, 0.2) is 10.1 Å². The maximum absolute atomic E-state index is 12.0. The maximum atomic E-state index is 12.0. The van der Waals surface area contributed by atoms with Crippen LogP contribution in [-0.2, 0) is 11.2 Å². The smallest absolute Gasteiger partial charge is 0.231 e. The second kappa shape index (κ2) is 8.18. The zero-order valence-corrected chi connectivity index (χ0v) is 14.9. The van der Waals surface area contributed by atoms with Crippen LogP contribution in [0.15, 0.2) is 52.2 Å². The van der Waals surface area contributed by atoms with E-state index in [-0.39, 0.29) is 11.7 Å². The van der Waals surface area contributed by atoms with Crippen LogP contribution in [0.25, 0.3) is 0 Å². The van der Waals surface area contributed by atoms with E-state index in [2.05, 4.69) is 15.5 Å². The average Bonchev–Trinajstić information content (AvgIpc) is 3.25. The minimum Gasteiger partial charge on any atom is -0.300 e. The van der Waals surface area contributed by atoms with Gasteiger partial charge in [0.1, 0.15) is 0 Å². The van der Waals surface area contributed by atoms with Crippen LogP contribution in [0.1, 0.15) is 15.2 Å². The fourth-order valence-electron chi connectivity index (χ4n) is 1.89. The molecule has 3 rings (SSSR count). The first-order valence-corrected chi connectivity index (χ1v) is 9.75. The highest BCUT2D eigenvalue weighted by atomic mass is 32.2. The summed E-state index contributed by atoms with van der Waals surface area (Å²) in [6.07, 6.45) is 0.326. The Morgan fingerprint density at radius 3 is 2.67 bits per heavy atom. The molecule has 0 spiro atoms. The number of anilines is 1. The van der Waals surface area contributed by atoms with E-state index in [1.165, 1.54) is 23.1 Å². The maximum Gasteiger partial charge on any atom is 0.231 e. The van der Waals surface area contributed by atoms with E-state index < -0.39 is 0 Å². The lowest BCUT2D eigenvalue weighted by Gasteiger charge is -1.99. The Hall–Kier alpha value is -2.03. The van der Waals surface area contributed by atoms with Gasteiger partial charge < -0.3 is 5.32 Å². The molecule has 1 amide bonds. The van der Waals surface area contributed by atoms with Crippen LogP contribution < -0.4 is 5.32 Å². The van der Waals surface area contributed by atoms with Crippen LogP contribution in [0.5, 0.6) is 0 Å². The fourth-order valence-corrected chi connectivity index (χ4v) is 4.25. The monoisotopic (exact) mass is 375 g/mol. The molecule has 8 heteroatoms. The lowest BCUT2D eigenvalue weighted by Crippen LogP contribution is -2.13. The molecular formula is C16H13N3O2S3. The summed E-state index contributed by atoms with van der Waals surface area (Å²) >= 11 is 4.13. The summed E-state index contributed by atoms with van der Waals surface area (Å²) in [5, 5.41) is 13.1. The molecule has 0 unspecified atom stereocenters. The van der Waals surface area contributed by atoms with Gasteiger partial charge in [0.25, 0.3) is 0 Å². The lowest BCUT2D eigenvalue weighted by atomic mass is 10.2. The van der Waals surface area contributed by atoms with Gasteiger partial charge in [0.05, 0.1) is 12.2 Å². The van der Waals surface area contributed by atoms with Crippen molar-refractivity contribution < 1.29 is 9.59 Å². The molecule has 2 aromatic heterocycles. The highest BCUT2D eigenvalue weighted by Crippen LogP contribution is 2.26. The van der Waals surface area contributed by atoms with Crippen LogP contribution in [0, 0.1) is 0 Å². The van der Waals surface area contributed by atoms with Crippen LogP contribution in [-0.4, -0.2) is 27.6 Å². The van der Waals surface area contributed by atoms with Crippen molar-refractivity contribution >= 4 is 51.3 Å². The number of thioether (sulfide) groups is 1. The van der Waals surface area contributed by atoms with Crippen molar-refractivity contribution in [3.05, 3.63) is 58.3 Å². The number of benzene rings is 1. The largest absolute Gasteiger partial charge is 0.300 e. The molecule has 122 valence electrons. The summed E-state index contributed by atoms with van der Waals surface area (Å²) < 4.78 is 0.658. The number of Topliss-reactive ketones (excluding diaryl/α,β-unsaturated/α-hetero) is 1. The number of ketones is 1. The first-order valence-electron chi connectivity index (χ1n) is 7.07. The van der Waals surface area contributed by atoms with Crippen molar-refractivity contribution in [3.63, 3.8) is 0 Å². The molecule has 0 bridgehead atoms. The van der Waals surface area contributed by atoms with Crippen LogP contribution in [0.3, 0.4) is 0 Å². The summed E-state index contributed by atoms with van der Waals surface area (Å²) in [6, 6.07) is 13.0. The topological polar surface area (TPSA) is 72.0 Å². The van der Waals surface area contributed by atoms with E-state index in [0.29, 0.717) is 27.2 Å². The zero-order chi connectivity index (χ0) is 16.8. The second-order valence-corrected chi connectivity index (χ2v) is 7.99. The van der Waals surface area contributed by atoms with Gasteiger partial charge in [-0.15, -0.1) is 21.5 Å². The molecule has 5 nitrogen and oxygen atoms in total. The van der Waals surface area contributed by atoms with Crippen molar-refractivity contribution in [2.24, 2.45) is 0 Å². The van der Waals surface area contributed by atoms with Gasteiger partial charge in [-0.3, -0.25) is 9.59 Å². The average molecular weight is 376 g/mol. The highest BCUT2D eigenvalue weighted by Gasteiger charge is 2.12. The van der Waals surface area contributed by atoms with E-state index in [1.807, 2.05) is 35.7 Å². The number of aromatic nitrogens is 2. The third kappa shape index (κ3) is 4.73. The summed E-state index contributed by atoms with van der Waals surface area (Å²) in [6.45, 7) is 0. The van der Waals surface area contributed by atoms with Gasteiger partial charge in [0.2, 0.25) is 11.0 Å². The molecular weight excluding hydrogens is 362 g/mol. The van der Waals surface area contributed by atoms with Crippen molar-refractivity contribution in [2.75, 3.05) is 11.1 Å². The van der Waals surface area contributed by atoms with Crippen molar-refractivity contribution in [1.82, 2.24) is 10.2 Å². The molecule has 1 aromatic carbocycles. The molecule has 0 aliphatic carbocycles. The first-order chi connectivity index (χ1) is 11.7. The Balaban J connectivity index is 1.50. The number of carbonyl (C=O) groups excluding carboxylic acids is 2. The Labute approximate surface area is 151 Å². The van der Waals surface area contributed by atoms with Crippen LogP contribution >= 0.6 is 34.4 Å². The van der Waals surface area contributed by atoms with Crippen molar-refractivity contribution in [1.29, 1.82) is 0 Å². The Kier molecular flexibility index (Phi) is 5.73. The van der Waals surface area contributed by atoms with E-state index in [1.54, 1.807) is 23.5 Å². The molecule has 1 N–H and O–H groups in total. The predicted octanol–water partition coefficient (Wildman–Crippen LogP) is 3.76. The van der Waals surface area contributed by atoms with E-state index in [0.717, 1.165) is 4.88 Å². The highest BCUT2D eigenvalue weighted by molar-refractivity contribution is 8.01. The fraction of sp³-hybridized carbons (Fsp3) is 0.125. The third-order valence-electron chi connectivity index (χ3n) is 2.99. The van der Waals surface area contributed by atoms with Gasteiger partial charge in [-0.2, -0.15) is 0 Å². The van der Waals surface area contributed by atoms with Crippen molar-refractivity contribution in [3.8, 4) is 0 Å². The van der Waals surface area contributed by atoms with E-state index in [9.17, 15) is 9.59 Å².